The van der Waals surface area contributed by atoms with Crippen LogP contribution < -0.4 is 5.32 Å². The molecule has 22 heavy (non-hydrogen) atoms. The molecular formula is C14H12N4O4. The summed E-state index contributed by atoms with van der Waals surface area (Å²) in [7, 11) is 0. The summed E-state index contributed by atoms with van der Waals surface area (Å²) in [6.45, 7) is 0.998. The predicted octanol–water partition coefficient (Wildman–Crippen LogP) is -0.343. The van der Waals surface area contributed by atoms with E-state index >= 15 is 0 Å². The smallest absolute Gasteiger partial charge is 0.325 e. The first-order valence-electron chi connectivity index (χ1n) is 6.42. The van der Waals surface area contributed by atoms with Gasteiger partial charge in [-0.2, -0.15) is 4.79 Å². The zero-order valence-corrected chi connectivity index (χ0v) is 11.6. The highest BCUT2D eigenvalue weighted by atomic mass is 16.2. The molecule has 1 atom stereocenters. The Morgan fingerprint density at radius 2 is 1.82 bits per heavy atom. The maximum absolute atomic E-state index is 12.2. The van der Waals surface area contributed by atoms with E-state index in [2.05, 4.69) is 10.1 Å². The van der Waals surface area contributed by atoms with Crippen LogP contribution in [0.4, 0.5) is 0 Å². The molecule has 0 radical (unpaired) electrons. The van der Waals surface area contributed by atoms with Crippen LogP contribution in [0.5, 0.6) is 0 Å². The van der Waals surface area contributed by atoms with E-state index < -0.39 is 36.1 Å². The fraction of sp³-hybridized carbons (Fsp3) is 0.214. The number of amides is 3. The third-order valence-electron chi connectivity index (χ3n) is 3.23. The number of rotatable bonds is 5. The molecule has 0 bridgehead atoms. The van der Waals surface area contributed by atoms with Crippen molar-refractivity contribution < 1.29 is 24.0 Å². The minimum absolute atomic E-state index is 0.246. The first-order valence-corrected chi connectivity index (χ1v) is 6.42. The average Bonchev–Trinajstić information content (AvgIpc) is 2.76. The number of carbonyl (C=O) groups is 4. The van der Waals surface area contributed by atoms with Gasteiger partial charge in [-0.3, -0.25) is 24.1 Å². The molecule has 1 heterocycles. The number of imide groups is 1. The lowest BCUT2D eigenvalue weighted by Crippen LogP contribution is -2.48. The van der Waals surface area contributed by atoms with Crippen molar-refractivity contribution in [3.8, 4) is 0 Å². The monoisotopic (exact) mass is 300 g/mol. The van der Waals surface area contributed by atoms with Crippen LogP contribution >= 0.6 is 0 Å². The number of hydrogen-bond acceptors (Lipinski definition) is 4. The lowest BCUT2D eigenvalue weighted by Gasteiger charge is -2.21. The maximum Gasteiger partial charge on any atom is 0.325 e. The van der Waals surface area contributed by atoms with E-state index in [-0.39, 0.29) is 11.1 Å². The molecule has 1 aliphatic rings. The Hall–Kier alpha value is -3.12. The molecule has 0 saturated carbocycles. The number of ketones is 1. The van der Waals surface area contributed by atoms with E-state index in [0.717, 1.165) is 4.90 Å². The maximum atomic E-state index is 12.2. The molecule has 2 rings (SSSR count). The molecule has 8 nitrogen and oxygen atoms in total. The Morgan fingerprint density at radius 1 is 1.27 bits per heavy atom. The molecule has 3 amide bonds. The quantitative estimate of drug-likeness (QED) is 0.346. The number of nitrogens with zero attached hydrogens (tertiary/aromatic N) is 3. The summed E-state index contributed by atoms with van der Waals surface area (Å²) in [5.41, 5.74) is 8.68. The van der Waals surface area contributed by atoms with Crippen LogP contribution in [-0.4, -0.2) is 52.0 Å². The van der Waals surface area contributed by atoms with E-state index in [9.17, 15) is 19.2 Å². The van der Waals surface area contributed by atoms with Crippen molar-refractivity contribution >= 4 is 29.7 Å². The van der Waals surface area contributed by atoms with Gasteiger partial charge < -0.3 is 10.8 Å². The second-order valence-electron chi connectivity index (χ2n) is 4.63. The molecule has 0 unspecified atom stereocenters. The van der Waals surface area contributed by atoms with Gasteiger partial charge in [0.05, 0.1) is 17.7 Å². The molecule has 0 fully saturated rings. The topological polar surface area (TPSA) is 120 Å². The molecule has 1 aromatic rings. The summed E-state index contributed by atoms with van der Waals surface area (Å²) in [4.78, 5) is 50.9. The van der Waals surface area contributed by atoms with E-state index in [1.165, 1.54) is 19.1 Å². The van der Waals surface area contributed by atoms with E-state index in [1.807, 2.05) is 0 Å². The summed E-state index contributed by atoms with van der Waals surface area (Å²) in [5.74, 6) is -2.38. The van der Waals surface area contributed by atoms with Crippen molar-refractivity contribution in [1.29, 1.82) is 0 Å². The van der Waals surface area contributed by atoms with Gasteiger partial charge in [-0.25, -0.2) is 0 Å². The van der Waals surface area contributed by atoms with Crippen molar-refractivity contribution in [1.82, 2.24) is 10.2 Å². The van der Waals surface area contributed by atoms with Crippen molar-refractivity contribution in [2.75, 3.05) is 6.54 Å². The molecule has 0 aromatic heterocycles. The molecule has 0 aliphatic carbocycles. The molecule has 112 valence electrons. The van der Waals surface area contributed by atoms with Crippen molar-refractivity contribution in [3.05, 3.63) is 40.9 Å². The first kappa shape index (κ1) is 15.3. The number of benzene rings is 1. The SMILES string of the molecule is C[C@H](C(=O)NCC(=O)C=[N+]=[N-])N1C(=O)c2ccccc2C1=O. The van der Waals surface area contributed by atoms with Gasteiger partial charge in [-0.05, 0) is 19.1 Å². The second kappa shape index (κ2) is 6.11. The first-order chi connectivity index (χ1) is 10.5. The van der Waals surface area contributed by atoms with Crippen molar-refractivity contribution in [2.45, 2.75) is 13.0 Å². The minimum atomic E-state index is -1.06. The van der Waals surface area contributed by atoms with Crippen LogP contribution in [0, 0.1) is 0 Å². The highest BCUT2D eigenvalue weighted by Gasteiger charge is 2.40. The fourth-order valence-corrected chi connectivity index (χ4v) is 2.11. The molecule has 8 heteroatoms. The molecule has 1 aliphatic heterocycles. The molecule has 0 saturated heterocycles. The van der Waals surface area contributed by atoms with E-state index in [4.69, 9.17) is 5.53 Å². The molecule has 1 N–H and O–H groups in total. The van der Waals surface area contributed by atoms with Crippen molar-refractivity contribution in [2.24, 2.45) is 0 Å². The lowest BCUT2D eigenvalue weighted by atomic mass is 10.1. The standard InChI is InChI=1S/C14H12N4O4/c1-8(12(20)16-6-9(19)7-17-15)18-13(21)10-4-2-3-5-11(10)14(18)22/h2-5,7-8H,6H2,1H3,(H,16,20)/t8-/m1/s1. The number of Topliss-reactive ketones (excluding diaryl/α,β-unsaturated/α-hetero) is 1. The van der Waals surface area contributed by atoms with Gasteiger partial charge in [-0.1, -0.05) is 12.1 Å². The van der Waals surface area contributed by atoms with Gasteiger partial charge in [-0.15, -0.1) is 0 Å². The van der Waals surface area contributed by atoms with E-state index in [1.54, 1.807) is 12.1 Å². The fourth-order valence-electron chi connectivity index (χ4n) is 2.11. The van der Waals surface area contributed by atoms with Gasteiger partial charge in [0.15, 0.2) is 0 Å². The Bertz CT molecular complexity index is 686. The van der Waals surface area contributed by atoms with Crippen LogP contribution in [0.2, 0.25) is 0 Å². The lowest BCUT2D eigenvalue weighted by molar-refractivity contribution is -0.126. The number of hydrogen-bond donors (Lipinski definition) is 1. The average molecular weight is 300 g/mol. The van der Waals surface area contributed by atoms with Crippen LogP contribution in [0.1, 0.15) is 27.6 Å². The number of fused-ring (bicyclic) bond motifs is 1. The zero-order chi connectivity index (χ0) is 16.3. The Kier molecular flexibility index (Phi) is 4.24. The summed E-state index contributed by atoms with van der Waals surface area (Å²) in [6.07, 6.45) is 0.646. The predicted molar refractivity (Wildman–Crippen MR) is 74.1 cm³/mol. The van der Waals surface area contributed by atoms with Crippen LogP contribution in [-0.2, 0) is 9.59 Å². The Labute approximate surface area is 125 Å². The molecular weight excluding hydrogens is 288 g/mol. The van der Waals surface area contributed by atoms with Crippen molar-refractivity contribution in [3.63, 3.8) is 0 Å². The largest absolute Gasteiger partial charge is 0.361 e. The molecule has 0 spiro atoms. The normalized spacial score (nSPS) is 14.1. The highest BCUT2D eigenvalue weighted by Crippen LogP contribution is 2.24. The van der Waals surface area contributed by atoms with Gasteiger partial charge >= 0.3 is 6.21 Å². The summed E-state index contributed by atoms with van der Waals surface area (Å²) < 4.78 is 0. The summed E-state index contributed by atoms with van der Waals surface area (Å²) in [5, 5.41) is 2.27. The van der Waals surface area contributed by atoms with Gasteiger partial charge in [0.2, 0.25) is 5.91 Å². The molecule has 1 aromatic carbocycles. The minimum Gasteiger partial charge on any atom is -0.361 e. The third kappa shape index (κ3) is 2.68. The zero-order valence-electron chi connectivity index (χ0n) is 11.6. The number of carbonyl (C=O) groups excluding carboxylic acids is 4. The van der Waals surface area contributed by atoms with Crippen LogP contribution in [0.25, 0.3) is 5.53 Å². The van der Waals surface area contributed by atoms with Crippen LogP contribution in [0.15, 0.2) is 24.3 Å². The second-order valence-corrected chi connectivity index (χ2v) is 4.63. The van der Waals surface area contributed by atoms with E-state index in [0.29, 0.717) is 6.21 Å². The van der Waals surface area contributed by atoms with Crippen LogP contribution in [0.3, 0.4) is 0 Å². The highest BCUT2D eigenvalue weighted by molar-refractivity contribution is 6.27. The van der Waals surface area contributed by atoms with Gasteiger partial charge in [0.25, 0.3) is 17.6 Å². The van der Waals surface area contributed by atoms with Gasteiger partial charge in [0.1, 0.15) is 6.04 Å². The number of nitrogens with one attached hydrogen (secondary N) is 1. The summed E-state index contributed by atoms with van der Waals surface area (Å²) >= 11 is 0. The Balaban J connectivity index is 2.11. The van der Waals surface area contributed by atoms with Gasteiger partial charge in [0, 0.05) is 0 Å². The Morgan fingerprint density at radius 3 is 2.32 bits per heavy atom. The summed E-state index contributed by atoms with van der Waals surface area (Å²) in [6, 6.07) is 5.23. The third-order valence-corrected chi connectivity index (χ3v) is 3.23.